The average Bonchev–Trinajstić information content (AvgIpc) is 2.45. The Morgan fingerprint density at radius 2 is 1.60 bits per heavy atom. The monoisotopic (exact) mass is 308 g/mol. The first-order valence-corrected chi connectivity index (χ1v) is 6.54. The Labute approximate surface area is 126 Å². The van der Waals surface area contributed by atoms with E-state index in [1.54, 1.807) is 36.4 Å². The maximum atomic E-state index is 11.9. The van der Waals surface area contributed by atoms with Gasteiger partial charge in [-0.2, -0.15) is 0 Å². The highest BCUT2D eigenvalue weighted by Gasteiger charge is 2.13. The Hall–Kier alpha value is -1.84. The predicted octanol–water partition coefficient (Wildman–Crippen LogP) is 4.03. The number of ether oxygens (including phenoxy) is 1. The molecule has 0 saturated carbocycles. The number of benzene rings is 2. The minimum Gasteiger partial charge on any atom is -0.454 e. The minimum absolute atomic E-state index is 0.332. The molecule has 102 valence electrons. The molecule has 0 atom stereocenters. The molecule has 0 radical (unpaired) electrons. The summed E-state index contributed by atoms with van der Waals surface area (Å²) in [4.78, 5) is 23.6. The van der Waals surface area contributed by atoms with Gasteiger partial charge >= 0.3 is 5.97 Å². The van der Waals surface area contributed by atoms with Gasteiger partial charge in [0.05, 0.1) is 10.6 Å². The van der Waals surface area contributed by atoms with Crippen molar-refractivity contribution in [3.63, 3.8) is 0 Å². The van der Waals surface area contributed by atoms with Gasteiger partial charge in [0, 0.05) is 10.6 Å². The summed E-state index contributed by atoms with van der Waals surface area (Å²) in [6, 6.07) is 12.8. The number of carbonyl (C=O) groups excluding carboxylic acids is 2. The van der Waals surface area contributed by atoms with Crippen molar-refractivity contribution in [2.24, 2.45) is 0 Å². The van der Waals surface area contributed by atoms with E-state index >= 15 is 0 Å². The van der Waals surface area contributed by atoms with E-state index < -0.39 is 5.97 Å². The van der Waals surface area contributed by atoms with Crippen LogP contribution >= 0.6 is 23.2 Å². The molecule has 0 fully saturated rings. The average molecular weight is 309 g/mol. The smallest absolute Gasteiger partial charge is 0.338 e. The van der Waals surface area contributed by atoms with Gasteiger partial charge in [-0.05, 0) is 36.4 Å². The Kier molecular flexibility index (Phi) is 4.77. The zero-order chi connectivity index (χ0) is 14.5. The second-order valence-electron chi connectivity index (χ2n) is 3.99. The molecule has 3 nitrogen and oxygen atoms in total. The van der Waals surface area contributed by atoms with Gasteiger partial charge in [0.25, 0.3) is 0 Å². The number of hydrogen-bond acceptors (Lipinski definition) is 3. The highest BCUT2D eigenvalue weighted by atomic mass is 35.5. The lowest BCUT2D eigenvalue weighted by Crippen LogP contribution is -2.14. The molecule has 0 aliphatic heterocycles. The summed E-state index contributed by atoms with van der Waals surface area (Å²) in [5.41, 5.74) is 0.666. The maximum Gasteiger partial charge on any atom is 0.338 e. The van der Waals surface area contributed by atoms with E-state index in [9.17, 15) is 9.59 Å². The van der Waals surface area contributed by atoms with Gasteiger partial charge in [0.2, 0.25) is 5.78 Å². The van der Waals surface area contributed by atoms with Crippen LogP contribution in [-0.4, -0.2) is 18.4 Å². The second kappa shape index (κ2) is 6.55. The van der Waals surface area contributed by atoms with E-state index in [0.29, 0.717) is 21.2 Å². The van der Waals surface area contributed by atoms with Crippen molar-refractivity contribution >= 4 is 35.0 Å². The molecular formula is C15H10Cl2O3. The van der Waals surface area contributed by atoms with Crippen LogP contribution in [0.2, 0.25) is 10.0 Å². The van der Waals surface area contributed by atoms with Gasteiger partial charge in [-0.3, -0.25) is 4.79 Å². The lowest BCUT2D eigenvalue weighted by molar-refractivity contribution is 0.0475. The molecule has 0 aliphatic rings. The van der Waals surface area contributed by atoms with E-state index in [1.807, 2.05) is 0 Å². The van der Waals surface area contributed by atoms with Crippen LogP contribution in [0.1, 0.15) is 20.7 Å². The molecule has 0 aliphatic carbocycles. The van der Waals surface area contributed by atoms with Crippen molar-refractivity contribution in [1.82, 2.24) is 0 Å². The van der Waals surface area contributed by atoms with Crippen molar-refractivity contribution in [3.8, 4) is 0 Å². The first kappa shape index (κ1) is 14.6. The van der Waals surface area contributed by atoms with E-state index in [4.69, 9.17) is 27.9 Å². The third kappa shape index (κ3) is 3.59. The van der Waals surface area contributed by atoms with Crippen molar-refractivity contribution in [2.75, 3.05) is 6.61 Å². The number of carbonyl (C=O) groups is 2. The number of ketones is 1. The largest absolute Gasteiger partial charge is 0.454 e. The molecule has 0 N–H and O–H groups in total. The van der Waals surface area contributed by atoms with Crippen LogP contribution in [0.25, 0.3) is 0 Å². The molecule has 0 amide bonds. The number of hydrogen-bond donors (Lipinski definition) is 0. The van der Waals surface area contributed by atoms with Crippen LogP contribution in [-0.2, 0) is 4.74 Å². The molecular weight excluding hydrogens is 299 g/mol. The third-order valence-corrected chi connectivity index (χ3v) is 3.17. The van der Waals surface area contributed by atoms with Gasteiger partial charge < -0.3 is 4.74 Å². The Balaban J connectivity index is 1.99. The minimum atomic E-state index is -0.581. The Bertz CT molecular complexity index is 636. The number of rotatable bonds is 4. The Morgan fingerprint density at radius 1 is 0.950 bits per heavy atom. The van der Waals surface area contributed by atoms with Crippen molar-refractivity contribution in [1.29, 1.82) is 0 Å². The molecule has 2 aromatic carbocycles. The molecule has 0 bridgehead atoms. The van der Waals surface area contributed by atoms with Gasteiger partial charge in [0.15, 0.2) is 6.61 Å². The summed E-state index contributed by atoms with van der Waals surface area (Å²) in [6.45, 7) is -0.356. The van der Waals surface area contributed by atoms with Crippen LogP contribution in [0.15, 0.2) is 48.5 Å². The number of esters is 1. The summed E-state index contributed by atoms with van der Waals surface area (Å²) >= 11 is 11.6. The molecule has 0 unspecified atom stereocenters. The lowest BCUT2D eigenvalue weighted by atomic mass is 10.1. The maximum absolute atomic E-state index is 11.9. The number of halogens is 2. The van der Waals surface area contributed by atoms with E-state index in [0.717, 1.165) is 0 Å². The molecule has 2 rings (SSSR count). The van der Waals surface area contributed by atoms with Crippen LogP contribution in [0.5, 0.6) is 0 Å². The zero-order valence-corrected chi connectivity index (χ0v) is 11.8. The fourth-order valence-corrected chi connectivity index (χ4v) is 1.93. The highest BCUT2D eigenvalue weighted by molar-refractivity contribution is 6.34. The zero-order valence-electron chi connectivity index (χ0n) is 10.3. The lowest BCUT2D eigenvalue weighted by Gasteiger charge is -2.05. The molecule has 0 heterocycles. The first-order chi connectivity index (χ1) is 9.58. The van der Waals surface area contributed by atoms with Crippen molar-refractivity contribution in [3.05, 3.63) is 69.7 Å². The van der Waals surface area contributed by atoms with Crippen LogP contribution in [0.3, 0.4) is 0 Å². The topological polar surface area (TPSA) is 43.4 Å². The van der Waals surface area contributed by atoms with Gasteiger partial charge in [-0.1, -0.05) is 35.3 Å². The first-order valence-electron chi connectivity index (χ1n) is 5.78. The molecule has 0 aromatic heterocycles. The van der Waals surface area contributed by atoms with E-state index in [-0.39, 0.29) is 12.4 Å². The quantitative estimate of drug-likeness (QED) is 0.632. The second-order valence-corrected chi connectivity index (χ2v) is 4.83. The van der Waals surface area contributed by atoms with Gasteiger partial charge in [-0.15, -0.1) is 0 Å². The SMILES string of the molecule is O=C(OCC(=O)c1ccccc1Cl)c1ccc(Cl)cc1. The molecule has 0 spiro atoms. The van der Waals surface area contributed by atoms with Crippen LogP contribution in [0.4, 0.5) is 0 Å². The fourth-order valence-electron chi connectivity index (χ4n) is 1.57. The molecule has 20 heavy (non-hydrogen) atoms. The standard InChI is InChI=1S/C15H10Cl2O3/c16-11-7-5-10(6-8-11)15(19)20-9-14(18)12-3-1-2-4-13(12)17/h1-8H,9H2. The van der Waals surface area contributed by atoms with Gasteiger partial charge in [-0.25, -0.2) is 4.79 Å². The highest BCUT2D eigenvalue weighted by Crippen LogP contribution is 2.16. The summed E-state index contributed by atoms with van der Waals surface area (Å²) in [6.07, 6.45) is 0. The molecule has 5 heteroatoms. The van der Waals surface area contributed by atoms with Gasteiger partial charge in [0.1, 0.15) is 0 Å². The summed E-state index contributed by atoms with van der Waals surface area (Å²) in [5.74, 6) is -0.931. The summed E-state index contributed by atoms with van der Waals surface area (Å²) in [7, 11) is 0. The van der Waals surface area contributed by atoms with Crippen LogP contribution in [0, 0.1) is 0 Å². The summed E-state index contributed by atoms with van der Waals surface area (Å²) in [5, 5.41) is 0.855. The van der Waals surface area contributed by atoms with E-state index in [2.05, 4.69) is 0 Å². The predicted molar refractivity (Wildman–Crippen MR) is 77.5 cm³/mol. The summed E-state index contributed by atoms with van der Waals surface area (Å²) < 4.78 is 4.95. The van der Waals surface area contributed by atoms with Crippen molar-refractivity contribution in [2.45, 2.75) is 0 Å². The molecule has 2 aromatic rings. The number of Topliss-reactive ketones (excluding diaryl/α,β-unsaturated/α-hetero) is 1. The van der Waals surface area contributed by atoms with Crippen molar-refractivity contribution < 1.29 is 14.3 Å². The normalized spacial score (nSPS) is 10.1. The fraction of sp³-hybridized carbons (Fsp3) is 0.0667. The van der Waals surface area contributed by atoms with E-state index in [1.165, 1.54) is 12.1 Å². The van der Waals surface area contributed by atoms with Crippen LogP contribution < -0.4 is 0 Å². The third-order valence-electron chi connectivity index (χ3n) is 2.59. The Morgan fingerprint density at radius 3 is 2.25 bits per heavy atom. The molecule has 0 saturated heterocycles.